The van der Waals surface area contributed by atoms with E-state index in [2.05, 4.69) is 212 Å². The molecule has 0 fully saturated rings. The molecule has 0 bridgehead atoms. The molecule has 5 nitrogen and oxygen atoms in total. The Kier molecular flexibility index (Phi) is 8.98. The molecular weight excluding hydrogens is 697 g/mol. The Morgan fingerprint density at radius 2 is 1.16 bits per heavy atom. The first-order valence-electron chi connectivity index (χ1n) is 20.2. The summed E-state index contributed by atoms with van der Waals surface area (Å²) in [6, 6.07) is 45.1. The van der Waals surface area contributed by atoms with Gasteiger partial charge in [-0.15, -0.1) is 0 Å². The third-order valence-electron chi connectivity index (χ3n) is 11.2. The van der Waals surface area contributed by atoms with Gasteiger partial charge in [0.2, 0.25) is 11.4 Å². The van der Waals surface area contributed by atoms with Gasteiger partial charge in [0.05, 0.1) is 17.1 Å². The van der Waals surface area contributed by atoms with Crippen LogP contribution in [0.5, 0.6) is 11.5 Å². The minimum Gasteiger partial charge on any atom is -0.457 e. The van der Waals surface area contributed by atoms with E-state index in [1.807, 2.05) is 12.3 Å². The molecule has 0 unspecified atom stereocenters. The third kappa shape index (κ3) is 7.11. The number of para-hydroxylation sites is 2. The third-order valence-corrected chi connectivity index (χ3v) is 11.2. The average Bonchev–Trinajstić information content (AvgIpc) is 3.70. The Hall–Kier alpha value is -5.77. The zero-order valence-corrected chi connectivity index (χ0v) is 35.7. The van der Waals surface area contributed by atoms with Crippen LogP contribution in [0, 0.1) is 0 Å². The van der Waals surface area contributed by atoms with Crippen molar-refractivity contribution in [1.82, 2.24) is 18.7 Å². The SMILES string of the molecule is CC(C)(C)c1cc([N+]2=C=[N+](c3cccc(Oc4ccc5c6ccccc6n(-c6cc(C(C)(C)C)ccn6)c5c4)c3)c3cccc(C(C)(C)C)c32)cc(C(C)(C)C)c1. The van der Waals surface area contributed by atoms with Gasteiger partial charge in [0.15, 0.2) is 0 Å². The van der Waals surface area contributed by atoms with Crippen molar-refractivity contribution in [2.45, 2.75) is 105 Å². The van der Waals surface area contributed by atoms with Crippen LogP contribution in [-0.2, 0) is 21.7 Å². The molecular formula is C52H56N4O+2. The van der Waals surface area contributed by atoms with Crippen LogP contribution < -0.4 is 13.9 Å². The van der Waals surface area contributed by atoms with Crippen LogP contribution in [0.2, 0.25) is 0 Å². The Morgan fingerprint density at radius 3 is 1.84 bits per heavy atom. The predicted octanol–water partition coefficient (Wildman–Crippen LogP) is 14.0. The lowest BCUT2D eigenvalue weighted by Crippen LogP contribution is -2.18. The lowest BCUT2D eigenvalue weighted by atomic mass is 9.80. The Bertz CT molecular complexity index is 2750. The molecule has 0 N–H and O–H groups in total. The van der Waals surface area contributed by atoms with E-state index >= 15 is 0 Å². The first kappa shape index (κ1) is 38.1. The largest absolute Gasteiger partial charge is 0.503 e. The molecule has 5 aromatic carbocycles. The maximum Gasteiger partial charge on any atom is 0.503 e. The van der Waals surface area contributed by atoms with E-state index in [1.54, 1.807) is 0 Å². The highest BCUT2D eigenvalue weighted by Crippen LogP contribution is 2.45. The number of hydrogen-bond donors (Lipinski definition) is 0. The molecule has 0 saturated heterocycles. The molecule has 2 aromatic heterocycles. The van der Waals surface area contributed by atoms with Gasteiger partial charge in [0, 0.05) is 52.9 Å². The van der Waals surface area contributed by atoms with E-state index in [4.69, 9.17) is 9.72 Å². The van der Waals surface area contributed by atoms with Crippen LogP contribution in [0.3, 0.4) is 0 Å². The number of nitrogens with zero attached hydrogens (tertiary/aromatic N) is 4. The molecule has 57 heavy (non-hydrogen) atoms. The summed E-state index contributed by atoms with van der Waals surface area (Å²) in [5.74, 6) is 2.41. The van der Waals surface area contributed by atoms with Crippen molar-refractivity contribution >= 4 is 50.6 Å². The van der Waals surface area contributed by atoms with E-state index < -0.39 is 0 Å². The fourth-order valence-electron chi connectivity index (χ4n) is 7.84. The van der Waals surface area contributed by atoms with Crippen molar-refractivity contribution < 1.29 is 4.74 Å². The van der Waals surface area contributed by atoms with Gasteiger partial charge in [-0.2, -0.15) is 0 Å². The highest BCUT2D eigenvalue weighted by atomic mass is 16.5. The van der Waals surface area contributed by atoms with Crippen molar-refractivity contribution in [3.8, 4) is 17.3 Å². The predicted molar refractivity (Wildman–Crippen MR) is 241 cm³/mol. The molecule has 5 heteroatoms. The van der Waals surface area contributed by atoms with Gasteiger partial charge < -0.3 is 4.74 Å². The molecule has 1 aliphatic heterocycles. The molecule has 0 saturated carbocycles. The zero-order chi connectivity index (χ0) is 40.7. The summed E-state index contributed by atoms with van der Waals surface area (Å²) in [5, 5.41) is 2.34. The molecule has 0 spiro atoms. The number of pyridine rings is 1. The van der Waals surface area contributed by atoms with Crippen molar-refractivity contribution in [2.24, 2.45) is 0 Å². The smallest absolute Gasteiger partial charge is 0.457 e. The standard InChI is InChI=1S/C52H56N4O/c1-49(2,3)34-25-26-53-47(30-34)56-44-21-14-13-19-41(44)42-24-23-40(32-46(42)56)57-39-18-15-17-37(31-39)54-33-55(48-43(52(10,11)12)20-16-22-45(48)54)38-28-35(50(4,5)6)27-36(29-38)51(7,8)9/h13-32H,1-12H3/q+2. The number of fused-ring (bicyclic) bond motifs is 4. The van der Waals surface area contributed by atoms with E-state index in [1.165, 1.54) is 27.6 Å². The molecule has 1 aliphatic rings. The molecule has 0 radical (unpaired) electrons. The highest BCUT2D eigenvalue weighted by molar-refractivity contribution is 6.09. The van der Waals surface area contributed by atoms with Crippen LogP contribution in [-0.4, -0.2) is 15.6 Å². The monoisotopic (exact) mass is 752 g/mol. The zero-order valence-electron chi connectivity index (χ0n) is 35.7. The highest BCUT2D eigenvalue weighted by Gasteiger charge is 2.42. The van der Waals surface area contributed by atoms with Crippen molar-refractivity contribution in [3.05, 3.63) is 144 Å². The van der Waals surface area contributed by atoms with Gasteiger partial charge in [0.1, 0.15) is 17.3 Å². The summed E-state index contributed by atoms with van der Waals surface area (Å²) in [4.78, 5) is 4.87. The summed E-state index contributed by atoms with van der Waals surface area (Å²) in [7, 11) is 0. The molecule has 288 valence electrons. The molecule has 0 aliphatic carbocycles. The summed E-state index contributed by atoms with van der Waals surface area (Å²) in [6.07, 6.45) is 1.92. The molecule has 0 atom stereocenters. The number of hydrogen-bond acceptors (Lipinski definition) is 2. The fraction of sp³-hybridized carbons (Fsp3) is 0.308. The first-order chi connectivity index (χ1) is 26.8. The van der Waals surface area contributed by atoms with Crippen LogP contribution >= 0.6 is 0 Å². The summed E-state index contributed by atoms with van der Waals surface area (Å²) in [6.45, 7) is 27.3. The van der Waals surface area contributed by atoms with Crippen LogP contribution in [0.15, 0.2) is 121 Å². The number of benzene rings is 5. The number of rotatable bonds is 5. The number of aromatic nitrogens is 2. The van der Waals surface area contributed by atoms with E-state index in [0.29, 0.717) is 0 Å². The minimum absolute atomic E-state index is 0.00236. The molecule has 8 rings (SSSR count). The summed E-state index contributed by atoms with van der Waals surface area (Å²) >= 11 is 0. The average molecular weight is 753 g/mol. The van der Waals surface area contributed by atoms with E-state index in [9.17, 15) is 0 Å². The Morgan fingerprint density at radius 1 is 0.509 bits per heavy atom. The van der Waals surface area contributed by atoms with Crippen molar-refractivity contribution in [1.29, 1.82) is 0 Å². The van der Waals surface area contributed by atoms with Crippen LogP contribution in [0.1, 0.15) is 105 Å². The second-order valence-corrected chi connectivity index (χ2v) is 19.7. The summed E-state index contributed by atoms with van der Waals surface area (Å²) in [5.41, 5.74) is 11.5. The quantitative estimate of drug-likeness (QED) is 0.164. The maximum atomic E-state index is 6.73. The Balaban J connectivity index is 1.26. The minimum atomic E-state index is -0.0918. The lowest BCUT2D eigenvalue weighted by Gasteiger charge is -2.25. The summed E-state index contributed by atoms with van der Waals surface area (Å²) < 4.78 is 13.5. The normalized spacial score (nSPS) is 13.5. The van der Waals surface area contributed by atoms with Crippen LogP contribution in [0.25, 0.3) is 27.6 Å². The van der Waals surface area contributed by atoms with Crippen molar-refractivity contribution in [3.63, 3.8) is 0 Å². The van der Waals surface area contributed by atoms with Gasteiger partial charge in [-0.05, 0) is 83.9 Å². The van der Waals surface area contributed by atoms with Gasteiger partial charge >= 0.3 is 11.7 Å². The van der Waals surface area contributed by atoms with Crippen molar-refractivity contribution in [2.75, 3.05) is 0 Å². The number of ether oxygens (including phenoxy) is 1. The van der Waals surface area contributed by atoms with Gasteiger partial charge in [-0.3, -0.25) is 4.57 Å². The molecule has 3 heterocycles. The van der Waals surface area contributed by atoms with E-state index in [-0.39, 0.29) is 21.7 Å². The first-order valence-corrected chi connectivity index (χ1v) is 20.2. The Labute approximate surface area is 338 Å². The van der Waals surface area contributed by atoms with E-state index in [0.717, 1.165) is 56.5 Å². The molecule has 0 amide bonds. The second kappa shape index (κ2) is 13.4. The van der Waals surface area contributed by atoms with Gasteiger partial charge in [-0.25, -0.2) is 4.98 Å². The topological polar surface area (TPSA) is 33.1 Å². The maximum absolute atomic E-state index is 6.73. The molecule has 7 aromatic rings. The second-order valence-electron chi connectivity index (χ2n) is 19.7. The van der Waals surface area contributed by atoms with Gasteiger partial charge in [0.25, 0.3) is 5.69 Å². The van der Waals surface area contributed by atoms with Crippen LogP contribution in [0.4, 0.5) is 22.7 Å². The lowest BCUT2D eigenvalue weighted by molar-refractivity contribution is 0.483. The van der Waals surface area contributed by atoms with Gasteiger partial charge in [-0.1, -0.05) is 126 Å². The fourth-order valence-corrected chi connectivity index (χ4v) is 7.84.